The first kappa shape index (κ1) is 22.0. The molecule has 1 heterocycles. The van der Waals surface area contributed by atoms with Gasteiger partial charge in [0.2, 0.25) is 0 Å². The maximum absolute atomic E-state index is 12.5. The molecule has 0 atom stereocenters. The number of carbonyl (C=O) groups is 2. The highest BCUT2D eigenvalue weighted by Gasteiger charge is 2.20. The minimum atomic E-state index is -1.13. The Morgan fingerprint density at radius 2 is 1.41 bits per heavy atom. The third kappa shape index (κ3) is 4.66. The number of benzene rings is 3. The molecule has 0 radical (unpaired) electrons. The minimum absolute atomic E-state index is 0.0284. The third-order valence-electron chi connectivity index (χ3n) is 5.44. The summed E-state index contributed by atoms with van der Waals surface area (Å²) in [7, 11) is 0. The second-order valence-electron chi connectivity index (χ2n) is 7.40. The van der Waals surface area contributed by atoms with Gasteiger partial charge in [-0.2, -0.15) is 0 Å². The van der Waals surface area contributed by atoms with Gasteiger partial charge in [-0.05, 0) is 48.5 Å². The summed E-state index contributed by atoms with van der Waals surface area (Å²) in [5.74, 6) is -1.59. The molecular weight excluding hydrogens is 449 g/mol. The molecular formula is C24H21Cl2N3O3. The summed E-state index contributed by atoms with van der Waals surface area (Å²) in [4.78, 5) is 28.4. The number of aromatic carboxylic acids is 1. The van der Waals surface area contributed by atoms with Crippen molar-refractivity contribution in [3.05, 3.63) is 87.9 Å². The first-order chi connectivity index (χ1) is 15.4. The van der Waals surface area contributed by atoms with Crippen LogP contribution in [0.2, 0.25) is 10.0 Å². The molecule has 6 nitrogen and oxygen atoms in total. The number of carboxylic acids is 1. The lowest BCUT2D eigenvalue weighted by Crippen LogP contribution is -2.46. The molecule has 0 aliphatic carbocycles. The lowest BCUT2D eigenvalue weighted by molar-refractivity contribution is 0.0692. The average Bonchev–Trinajstić information content (AvgIpc) is 2.81. The fourth-order valence-corrected chi connectivity index (χ4v) is 4.18. The summed E-state index contributed by atoms with van der Waals surface area (Å²) < 4.78 is 0. The Kier molecular flexibility index (Phi) is 6.53. The molecule has 0 bridgehead atoms. The lowest BCUT2D eigenvalue weighted by Gasteiger charge is -2.37. The quantitative estimate of drug-likeness (QED) is 0.532. The predicted molar refractivity (Wildman–Crippen MR) is 129 cm³/mol. The van der Waals surface area contributed by atoms with Gasteiger partial charge in [0.05, 0.1) is 26.9 Å². The van der Waals surface area contributed by atoms with E-state index in [0.29, 0.717) is 15.7 Å². The van der Waals surface area contributed by atoms with Crippen LogP contribution in [-0.2, 0) is 0 Å². The second kappa shape index (κ2) is 9.51. The van der Waals surface area contributed by atoms with Gasteiger partial charge in [0.15, 0.2) is 0 Å². The number of nitrogens with zero attached hydrogens (tertiary/aromatic N) is 2. The van der Waals surface area contributed by atoms with E-state index in [1.165, 1.54) is 12.1 Å². The van der Waals surface area contributed by atoms with Crippen molar-refractivity contribution in [3.8, 4) is 0 Å². The molecule has 3 aromatic carbocycles. The summed E-state index contributed by atoms with van der Waals surface area (Å²) >= 11 is 12.5. The van der Waals surface area contributed by atoms with Gasteiger partial charge in [0.25, 0.3) is 5.91 Å². The first-order valence-electron chi connectivity index (χ1n) is 10.1. The normalized spacial score (nSPS) is 13.7. The molecule has 4 rings (SSSR count). The van der Waals surface area contributed by atoms with Crippen molar-refractivity contribution in [2.24, 2.45) is 0 Å². The van der Waals surface area contributed by atoms with Gasteiger partial charge in [-0.15, -0.1) is 0 Å². The molecule has 1 aliphatic heterocycles. The van der Waals surface area contributed by atoms with E-state index in [0.717, 1.165) is 37.6 Å². The van der Waals surface area contributed by atoms with E-state index >= 15 is 0 Å². The van der Waals surface area contributed by atoms with Crippen LogP contribution in [0.4, 0.5) is 17.1 Å². The van der Waals surface area contributed by atoms with Crippen LogP contribution in [0.1, 0.15) is 20.7 Å². The number of amides is 1. The topological polar surface area (TPSA) is 72.9 Å². The molecule has 1 aliphatic rings. The van der Waals surface area contributed by atoms with Gasteiger partial charge in [-0.25, -0.2) is 4.79 Å². The largest absolute Gasteiger partial charge is 0.478 e. The molecule has 1 fully saturated rings. The number of carbonyl (C=O) groups excluding carboxylic acids is 1. The van der Waals surface area contributed by atoms with Gasteiger partial charge in [0, 0.05) is 37.6 Å². The molecule has 0 aromatic heterocycles. The molecule has 1 saturated heterocycles. The number of hydrogen-bond donors (Lipinski definition) is 2. The zero-order chi connectivity index (χ0) is 22.7. The Labute approximate surface area is 196 Å². The molecule has 164 valence electrons. The van der Waals surface area contributed by atoms with E-state index in [4.69, 9.17) is 23.2 Å². The van der Waals surface area contributed by atoms with Gasteiger partial charge >= 0.3 is 5.97 Å². The van der Waals surface area contributed by atoms with E-state index in [9.17, 15) is 14.7 Å². The summed E-state index contributed by atoms with van der Waals surface area (Å²) in [5.41, 5.74) is 2.69. The van der Waals surface area contributed by atoms with Crippen molar-refractivity contribution in [2.45, 2.75) is 0 Å². The van der Waals surface area contributed by atoms with Crippen molar-refractivity contribution in [3.63, 3.8) is 0 Å². The zero-order valence-corrected chi connectivity index (χ0v) is 18.6. The maximum atomic E-state index is 12.5. The summed E-state index contributed by atoms with van der Waals surface area (Å²) in [5, 5.41) is 13.2. The van der Waals surface area contributed by atoms with Crippen LogP contribution in [0.5, 0.6) is 0 Å². The zero-order valence-electron chi connectivity index (χ0n) is 17.1. The van der Waals surface area contributed by atoms with Crippen molar-refractivity contribution in [1.82, 2.24) is 0 Å². The number of carboxylic acid groups (broad SMARTS) is 1. The lowest BCUT2D eigenvalue weighted by atomic mass is 10.1. The predicted octanol–water partition coefficient (Wildman–Crippen LogP) is 5.27. The highest BCUT2D eigenvalue weighted by Crippen LogP contribution is 2.33. The minimum Gasteiger partial charge on any atom is -0.478 e. The number of rotatable bonds is 5. The number of hydrogen-bond acceptors (Lipinski definition) is 4. The number of halogens is 2. The first-order valence-corrected chi connectivity index (χ1v) is 10.9. The molecule has 32 heavy (non-hydrogen) atoms. The smallest absolute Gasteiger partial charge is 0.336 e. The van der Waals surface area contributed by atoms with Crippen LogP contribution < -0.4 is 15.1 Å². The fourth-order valence-electron chi connectivity index (χ4n) is 3.76. The van der Waals surface area contributed by atoms with Crippen LogP contribution >= 0.6 is 23.2 Å². The molecule has 8 heteroatoms. The molecule has 1 amide bonds. The molecule has 0 unspecified atom stereocenters. The molecule has 0 spiro atoms. The SMILES string of the molecule is O=C(O)c1ccccc1C(=O)Nc1ccc(N2CCN(c3cccc(Cl)c3Cl)CC2)cc1. The van der Waals surface area contributed by atoms with E-state index in [1.807, 2.05) is 36.4 Å². The van der Waals surface area contributed by atoms with Crippen molar-refractivity contribution < 1.29 is 14.7 Å². The third-order valence-corrected chi connectivity index (χ3v) is 6.25. The fraction of sp³-hybridized carbons (Fsp3) is 0.167. The molecule has 3 aromatic rings. The average molecular weight is 470 g/mol. The van der Waals surface area contributed by atoms with Crippen LogP contribution in [-0.4, -0.2) is 43.2 Å². The van der Waals surface area contributed by atoms with Gasteiger partial charge in [0.1, 0.15) is 0 Å². The van der Waals surface area contributed by atoms with E-state index in [-0.39, 0.29) is 11.1 Å². The van der Waals surface area contributed by atoms with Crippen LogP contribution in [0.15, 0.2) is 66.7 Å². The van der Waals surface area contributed by atoms with Crippen LogP contribution in [0.25, 0.3) is 0 Å². The molecule has 2 N–H and O–H groups in total. The van der Waals surface area contributed by atoms with Crippen LogP contribution in [0.3, 0.4) is 0 Å². The van der Waals surface area contributed by atoms with Crippen LogP contribution in [0, 0.1) is 0 Å². The van der Waals surface area contributed by atoms with Crippen molar-refractivity contribution in [1.29, 1.82) is 0 Å². The highest BCUT2D eigenvalue weighted by atomic mass is 35.5. The standard InChI is InChI=1S/C24H21Cl2N3O3/c25-20-6-3-7-21(22(20)26)29-14-12-28(13-15-29)17-10-8-16(9-11-17)27-23(30)18-4-1-2-5-19(18)24(31)32/h1-11H,12-15H2,(H,27,30)(H,31,32). The highest BCUT2D eigenvalue weighted by molar-refractivity contribution is 6.43. The van der Waals surface area contributed by atoms with E-state index in [1.54, 1.807) is 18.2 Å². The summed E-state index contributed by atoms with van der Waals surface area (Å²) in [6.45, 7) is 3.26. The van der Waals surface area contributed by atoms with Gasteiger partial charge in [-0.1, -0.05) is 41.4 Å². The Morgan fingerprint density at radius 1 is 0.781 bits per heavy atom. The maximum Gasteiger partial charge on any atom is 0.336 e. The Bertz CT molecular complexity index is 1140. The Hall–Kier alpha value is -3.22. The summed E-state index contributed by atoms with van der Waals surface area (Å²) in [6.07, 6.45) is 0. The van der Waals surface area contributed by atoms with Crippen molar-refractivity contribution >= 4 is 52.1 Å². The summed E-state index contributed by atoms with van der Waals surface area (Å²) in [6, 6.07) is 19.3. The van der Waals surface area contributed by atoms with E-state index < -0.39 is 11.9 Å². The monoisotopic (exact) mass is 469 g/mol. The van der Waals surface area contributed by atoms with Gasteiger partial charge in [-0.3, -0.25) is 4.79 Å². The Balaban J connectivity index is 1.39. The van der Waals surface area contributed by atoms with Crippen molar-refractivity contribution in [2.75, 3.05) is 41.3 Å². The number of piperazine rings is 1. The number of nitrogens with one attached hydrogen (secondary N) is 1. The van der Waals surface area contributed by atoms with Gasteiger partial charge < -0.3 is 20.2 Å². The Morgan fingerprint density at radius 3 is 2.06 bits per heavy atom. The number of anilines is 3. The second-order valence-corrected chi connectivity index (χ2v) is 8.18. The van der Waals surface area contributed by atoms with E-state index in [2.05, 4.69) is 15.1 Å². The molecule has 0 saturated carbocycles.